The minimum atomic E-state index is -4.57. The van der Waals surface area contributed by atoms with Gasteiger partial charge in [-0.05, 0) is 44.9 Å². The van der Waals surface area contributed by atoms with Gasteiger partial charge >= 0.3 is 0 Å². The number of quaternary nitrogens is 1. The first-order valence-electron chi connectivity index (χ1n) is 29.7. The maximum Gasteiger partial charge on any atom is 0.268 e. The first-order chi connectivity index (χ1) is 33.0. The van der Waals surface area contributed by atoms with Gasteiger partial charge in [0, 0.05) is 6.42 Å². The normalized spacial score (nSPS) is 14.0. The summed E-state index contributed by atoms with van der Waals surface area (Å²) in [7, 11) is 1.31. The van der Waals surface area contributed by atoms with Gasteiger partial charge in [-0.2, -0.15) is 0 Å². The molecule has 68 heavy (non-hydrogen) atoms. The van der Waals surface area contributed by atoms with Gasteiger partial charge in [0.05, 0.1) is 39.9 Å². The number of aliphatic hydroxyl groups is 1. The number of nitrogens with zero attached hydrogens (tertiary/aromatic N) is 1. The fraction of sp³-hybridized carbons (Fsp3) is 0.915. The van der Waals surface area contributed by atoms with Crippen molar-refractivity contribution >= 4 is 13.7 Å². The predicted octanol–water partition coefficient (Wildman–Crippen LogP) is 17.4. The van der Waals surface area contributed by atoms with Crippen LogP contribution in [0.1, 0.15) is 296 Å². The summed E-state index contributed by atoms with van der Waals surface area (Å²) in [6.07, 6.45) is 63.5. The molecule has 1 amide bonds. The van der Waals surface area contributed by atoms with Crippen LogP contribution in [-0.4, -0.2) is 68.5 Å². The molecule has 2 N–H and O–H groups in total. The molecule has 0 aromatic carbocycles. The number of unbranched alkanes of at least 4 members (excludes halogenated alkanes) is 38. The molecule has 0 heterocycles. The minimum Gasteiger partial charge on any atom is -0.756 e. The molecule has 0 rings (SSSR count). The standard InChI is InChI=1S/C59H117N2O6P/c1-6-8-10-12-14-16-18-20-22-24-26-27-28-29-30-31-32-33-35-37-39-41-43-45-47-49-51-53-59(63)60-57(56-67-68(64,65)66-55-54-61(3,4)5)58(62)52-50-48-46-44-42-40-38-36-34-25-23-21-19-17-15-13-11-9-7-2/h26-27,29-30,57-58,62H,6-25,28,31-56H2,1-5H3,(H-,60,63,64,65)/b27-26-,30-29-. The summed E-state index contributed by atoms with van der Waals surface area (Å²) in [4.78, 5) is 25.5. The molecule has 0 aromatic heterocycles. The summed E-state index contributed by atoms with van der Waals surface area (Å²) >= 11 is 0. The Kier molecular flexibility index (Phi) is 50.1. The van der Waals surface area contributed by atoms with E-state index in [1.54, 1.807) is 0 Å². The van der Waals surface area contributed by atoms with Gasteiger partial charge in [0.2, 0.25) is 5.91 Å². The van der Waals surface area contributed by atoms with E-state index in [-0.39, 0.29) is 19.1 Å². The molecule has 3 atom stereocenters. The van der Waals surface area contributed by atoms with Gasteiger partial charge in [0.1, 0.15) is 13.2 Å². The Balaban J connectivity index is 4.13. The fourth-order valence-electron chi connectivity index (χ4n) is 9.01. The smallest absolute Gasteiger partial charge is 0.268 e. The quantitative estimate of drug-likeness (QED) is 0.0272. The molecule has 0 aromatic rings. The largest absolute Gasteiger partial charge is 0.756 e. The van der Waals surface area contributed by atoms with Crippen molar-refractivity contribution in [2.75, 3.05) is 40.9 Å². The highest BCUT2D eigenvalue weighted by atomic mass is 31.2. The van der Waals surface area contributed by atoms with Crippen LogP contribution < -0.4 is 10.2 Å². The van der Waals surface area contributed by atoms with E-state index < -0.39 is 20.0 Å². The van der Waals surface area contributed by atoms with Gasteiger partial charge in [-0.1, -0.05) is 269 Å². The molecule has 9 heteroatoms. The lowest BCUT2D eigenvalue weighted by molar-refractivity contribution is -0.870. The monoisotopic (exact) mass is 981 g/mol. The molecule has 0 bridgehead atoms. The second-order valence-corrected chi connectivity index (χ2v) is 23.1. The topological polar surface area (TPSA) is 108 Å². The van der Waals surface area contributed by atoms with Crippen LogP contribution in [0, 0.1) is 0 Å². The van der Waals surface area contributed by atoms with Crippen LogP contribution in [0.3, 0.4) is 0 Å². The SMILES string of the molecule is CCCCCCCCCCC/C=C\C/C=C\CCCCCCCCCCCCCC(=O)NC(COP(=O)([O-])OCC[N+](C)(C)C)C(O)CCCCCCCCCCCCCCCCCCCCC. The van der Waals surface area contributed by atoms with Crippen LogP contribution in [0.25, 0.3) is 0 Å². The number of allylic oxidation sites excluding steroid dienone is 4. The zero-order chi connectivity index (χ0) is 49.9. The number of carbonyl (C=O) groups excluding carboxylic acids is 1. The number of nitrogens with one attached hydrogen (secondary N) is 1. The maximum atomic E-state index is 13.0. The number of carbonyl (C=O) groups is 1. The molecule has 0 saturated heterocycles. The molecule has 0 aliphatic rings. The number of aliphatic hydroxyl groups excluding tert-OH is 1. The van der Waals surface area contributed by atoms with E-state index in [2.05, 4.69) is 43.5 Å². The van der Waals surface area contributed by atoms with Crippen LogP contribution in [0.2, 0.25) is 0 Å². The second kappa shape index (κ2) is 50.9. The van der Waals surface area contributed by atoms with E-state index in [1.807, 2.05) is 21.1 Å². The predicted molar refractivity (Wildman–Crippen MR) is 293 cm³/mol. The summed E-state index contributed by atoms with van der Waals surface area (Å²) in [5.74, 6) is -0.163. The highest BCUT2D eigenvalue weighted by Crippen LogP contribution is 2.38. The van der Waals surface area contributed by atoms with E-state index in [0.29, 0.717) is 23.9 Å². The number of hydrogen-bond donors (Lipinski definition) is 2. The average molecular weight is 982 g/mol. The van der Waals surface area contributed by atoms with Gasteiger partial charge in [0.15, 0.2) is 0 Å². The van der Waals surface area contributed by atoms with Crippen molar-refractivity contribution in [1.82, 2.24) is 5.32 Å². The van der Waals surface area contributed by atoms with Crippen LogP contribution in [0.5, 0.6) is 0 Å². The first kappa shape index (κ1) is 67.0. The van der Waals surface area contributed by atoms with Gasteiger partial charge < -0.3 is 28.8 Å². The molecule has 0 saturated carbocycles. The van der Waals surface area contributed by atoms with Crippen molar-refractivity contribution < 1.29 is 32.9 Å². The van der Waals surface area contributed by atoms with Crippen molar-refractivity contribution in [2.24, 2.45) is 0 Å². The zero-order valence-electron chi connectivity index (χ0n) is 46.1. The lowest BCUT2D eigenvalue weighted by Crippen LogP contribution is -2.46. The Labute approximate surface area is 424 Å². The van der Waals surface area contributed by atoms with Crippen molar-refractivity contribution in [3.8, 4) is 0 Å². The Bertz CT molecular complexity index is 1160. The second-order valence-electron chi connectivity index (χ2n) is 21.7. The van der Waals surface area contributed by atoms with Crippen molar-refractivity contribution in [3.63, 3.8) is 0 Å². The highest BCUT2D eigenvalue weighted by Gasteiger charge is 2.24. The molecule has 0 aliphatic heterocycles. The van der Waals surface area contributed by atoms with E-state index >= 15 is 0 Å². The van der Waals surface area contributed by atoms with Crippen molar-refractivity contribution in [2.45, 2.75) is 309 Å². The Morgan fingerprint density at radius 1 is 0.515 bits per heavy atom. The molecule has 0 spiro atoms. The van der Waals surface area contributed by atoms with Crippen LogP contribution in [0.15, 0.2) is 24.3 Å². The summed E-state index contributed by atoms with van der Waals surface area (Å²) in [6, 6.07) is -0.801. The molecule has 8 nitrogen and oxygen atoms in total. The van der Waals surface area contributed by atoms with Gasteiger partial charge in [-0.15, -0.1) is 0 Å². The van der Waals surface area contributed by atoms with Gasteiger partial charge in [-0.3, -0.25) is 9.36 Å². The van der Waals surface area contributed by atoms with E-state index in [4.69, 9.17) is 9.05 Å². The summed E-state index contributed by atoms with van der Waals surface area (Å²) in [5.41, 5.74) is 0. The van der Waals surface area contributed by atoms with Gasteiger partial charge in [-0.25, -0.2) is 0 Å². The van der Waals surface area contributed by atoms with Crippen molar-refractivity contribution in [3.05, 3.63) is 24.3 Å². The van der Waals surface area contributed by atoms with E-state index in [1.165, 1.54) is 225 Å². The molecule has 0 aliphatic carbocycles. The third-order valence-electron chi connectivity index (χ3n) is 13.7. The highest BCUT2D eigenvalue weighted by molar-refractivity contribution is 7.45. The summed E-state index contributed by atoms with van der Waals surface area (Å²) in [6.45, 7) is 4.76. The molecule has 0 radical (unpaired) electrons. The number of hydrogen-bond acceptors (Lipinski definition) is 6. The number of phosphoric acid groups is 1. The maximum absolute atomic E-state index is 13.0. The molecule has 404 valence electrons. The Morgan fingerprint density at radius 3 is 1.22 bits per heavy atom. The van der Waals surface area contributed by atoms with Crippen molar-refractivity contribution in [1.29, 1.82) is 0 Å². The number of phosphoric ester groups is 1. The molecular formula is C59H117N2O6P. The number of rotatable bonds is 55. The lowest BCUT2D eigenvalue weighted by atomic mass is 10.0. The molecular weight excluding hydrogens is 864 g/mol. The number of likely N-dealkylation sites (N-methyl/N-ethyl adjacent to an activating group) is 1. The molecule has 0 fully saturated rings. The van der Waals surface area contributed by atoms with E-state index in [0.717, 1.165) is 44.9 Å². The minimum absolute atomic E-state index is 0.0132. The lowest BCUT2D eigenvalue weighted by Gasteiger charge is -2.30. The van der Waals surface area contributed by atoms with Crippen LogP contribution >= 0.6 is 7.82 Å². The van der Waals surface area contributed by atoms with Crippen LogP contribution in [0.4, 0.5) is 0 Å². The third-order valence-corrected chi connectivity index (χ3v) is 14.7. The van der Waals surface area contributed by atoms with E-state index in [9.17, 15) is 19.4 Å². The van der Waals surface area contributed by atoms with Gasteiger partial charge in [0.25, 0.3) is 7.82 Å². The zero-order valence-corrected chi connectivity index (χ0v) is 47.0. The molecule has 3 unspecified atom stereocenters. The Morgan fingerprint density at radius 2 is 0.853 bits per heavy atom. The number of amides is 1. The summed E-state index contributed by atoms with van der Waals surface area (Å²) < 4.78 is 23.4. The first-order valence-corrected chi connectivity index (χ1v) is 31.1. The fourth-order valence-corrected chi connectivity index (χ4v) is 9.74. The third kappa shape index (κ3) is 52.8. The van der Waals surface area contributed by atoms with Crippen LogP contribution in [-0.2, 0) is 18.4 Å². The Hall–Kier alpha value is -1.02. The summed E-state index contributed by atoms with van der Waals surface area (Å²) in [5, 5.41) is 14.0. The average Bonchev–Trinajstić information content (AvgIpc) is 3.30.